The SMILES string of the molecule is C[Si](C)(C)c1cc(-c2[c-]cc3c(c2)-c2ccccc2S3(=O)=O)ncc1-c1ccccc1.C[Si](C)(C)c1cc(-c2[c-]cc3c(c2)-c2ccccc2[Si]3(C)C)ncc1-c1ccccc1.C[Si](C)(C)c1cc(-c2[c-]cc3c(c2)-c2ccccc2[Si]3(c2ccccc2)c2ccccc2)ncc1-c1ccccc1.[Ir].[Ir].[Ir].[c-]1ccccc1-c1ccccn1.[c-]1ccccc1-c1ccccn1.[c-]1ccccc1-c1ccccn1. The van der Waals surface area contributed by atoms with E-state index in [1.807, 2.05) is 170 Å². The van der Waals surface area contributed by atoms with Gasteiger partial charge in [0.15, 0.2) is 9.84 Å². The number of rotatable bonds is 14. The molecule has 3 aliphatic heterocycles. The Morgan fingerprint density at radius 1 is 0.239 bits per heavy atom. The average molecular weight is 2470 g/mol. The van der Waals surface area contributed by atoms with Crippen LogP contribution in [0, 0.1) is 36.4 Å². The van der Waals surface area contributed by atoms with Crippen molar-refractivity contribution >= 4 is 96.9 Å². The molecule has 9 heterocycles. The van der Waals surface area contributed by atoms with Gasteiger partial charge in [-0.3, -0.25) is 0 Å². The molecule has 14 aromatic carbocycles. The summed E-state index contributed by atoms with van der Waals surface area (Å²) in [4.78, 5) is 28.1. The topological polar surface area (TPSA) is 111 Å². The summed E-state index contributed by atoms with van der Waals surface area (Å²) in [5, 5.41) is 12.9. The minimum atomic E-state index is -3.48. The first-order valence-corrected chi connectivity index (χ1v) is 64.1. The van der Waals surface area contributed by atoms with Gasteiger partial charge < -0.3 is 29.9 Å². The second-order valence-corrected chi connectivity index (χ2v) is 63.4. The molecule has 0 bridgehead atoms. The van der Waals surface area contributed by atoms with Gasteiger partial charge in [-0.05, 0) is 119 Å². The molecule has 20 aromatic rings. The average Bonchev–Trinajstić information content (AvgIpc) is 1.53. The van der Waals surface area contributed by atoms with Gasteiger partial charge in [-0.1, -0.05) is 393 Å². The van der Waals surface area contributed by atoms with E-state index in [1.165, 1.54) is 91.2 Å². The first-order chi connectivity index (χ1) is 67.4. The maximum atomic E-state index is 12.9. The summed E-state index contributed by atoms with van der Waals surface area (Å²) in [7, 11) is -12.5. The zero-order valence-corrected chi connectivity index (χ0v) is 94.1. The molecule has 23 rings (SSSR count). The van der Waals surface area contributed by atoms with Gasteiger partial charge in [0.05, 0.1) is 37.2 Å². The Hall–Kier alpha value is -13.0. The minimum Gasteiger partial charge on any atom is -0.305 e. The summed E-state index contributed by atoms with van der Waals surface area (Å²) < 4.78 is 25.8. The molecule has 0 saturated carbocycles. The quantitative estimate of drug-likeness (QED) is 0.0782. The Labute approximate surface area is 883 Å². The Morgan fingerprint density at radius 2 is 0.549 bits per heavy atom. The standard InChI is InChI=1S/C38H32NSi2.C28H28NSi2.C26H22NO2SSi.3C11H8N.3Ir/c1-40(2,3)38-26-35(39-27-34(38)28-15-7-4-8-16-28)29-23-24-37-33(25-29)32-21-13-14-22-36(32)41(37,30-17-9-5-10-18-30)31-19-11-6-12-20-31;1-30(2,3)28-18-25(29-19-24(28)20-11-7-6-8-12-20)21-15-16-27-23(17-21)22-13-9-10-14-26(22)31(27,4)5;1-31(2,3)26-16-23(27-17-22(26)18-9-5-4-6-10-18)19-13-14-25-21(15-19)20-11-7-8-12-24(20)30(25,28)29;3*1-2-6-10(7-3-1)11-8-4-5-9-12-11;;;/h4-22,24-27H,1-3H3;6-14,16-19H,1-5H3;4-12,14-17H,1-3H3;3*1-6,8-9H;;;/q6*-1;;;. The van der Waals surface area contributed by atoms with Gasteiger partial charge in [0.2, 0.25) is 0 Å². The summed E-state index contributed by atoms with van der Waals surface area (Å²) >= 11 is 0. The second-order valence-electron chi connectivity index (χ2n) is 38.3. The fraction of sp³-hybridized carbons (Fsp3) is 0.0880. The van der Waals surface area contributed by atoms with Crippen molar-refractivity contribution in [3.8, 4) is 134 Å². The first-order valence-electron chi connectivity index (χ1n) is 47.1. The monoisotopic (exact) mass is 2470 g/mol. The van der Waals surface area contributed by atoms with Crippen LogP contribution < -0.4 is 46.7 Å². The number of hydrogen-bond acceptors (Lipinski definition) is 8. The van der Waals surface area contributed by atoms with Crippen LogP contribution in [-0.4, -0.2) is 78.7 Å². The van der Waals surface area contributed by atoms with Gasteiger partial charge >= 0.3 is 0 Å². The zero-order chi connectivity index (χ0) is 96.3. The van der Waals surface area contributed by atoms with Crippen LogP contribution in [0.3, 0.4) is 0 Å². The Bertz CT molecular complexity index is 7490. The third-order valence-corrected chi connectivity index (χ3v) is 42.1. The van der Waals surface area contributed by atoms with E-state index in [4.69, 9.17) is 15.0 Å². The summed E-state index contributed by atoms with van der Waals surface area (Å²) in [5.74, 6) is 0. The van der Waals surface area contributed by atoms with E-state index in [0.717, 1.165) is 89.8 Å². The summed E-state index contributed by atoms with van der Waals surface area (Å²) in [6.45, 7) is 26.4. The van der Waals surface area contributed by atoms with Crippen molar-refractivity contribution in [1.82, 2.24) is 29.9 Å². The first kappa shape index (κ1) is 103. The molecular formula is C125H106Ir3N6O2SSi5-6. The largest absolute Gasteiger partial charge is 0.305 e. The van der Waals surface area contributed by atoms with Gasteiger partial charge in [0.1, 0.15) is 8.07 Å². The number of nitrogens with zero attached hydrogens (tertiary/aromatic N) is 6. The van der Waals surface area contributed by atoms with Gasteiger partial charge in [0.25, 0.3) is 0 Å². The molecule has 0 atom stereocenters. The van der Waals surface area contributed by atoms with Gasteiger partial charge in [-0.25, -0.2) is 8.42 Å². The molecule has 8 nitrogen and oxygen atoms in total. The van der Waals surface area contributed by atoms with Crippen molar-refractivity contribution < 1.29 is 68.7 Å². The number of aromatic nitrogens is 6. The van der Waals surface area contributed by atoms with E-state index in [9.17, 15) is 8.42 Å². The molecule has 0 unspecified atom stereocenters. The second kappa shape index (κ2) is 45.5. The van der Waals surface area contributed by atoms with E-state index >= 15 is 0 Å². The van der Waals surface area contributed by atoms with E-state index < -0.39 is 50.2 Å². The number of benzene rings is 14. The molecule has 6 aromatic heterocycles. The number of hydrogen-bond donors (Lipinski definition) is 0. The molecule has 17 heteroatoms. The smallest absolute Gasteiger partial charge is 0.173 e. The Morgan fingerprint density at radius 3 is 0.915 bits per heavy atom. The van der Waals surface area contributed by atoms with Crippen LogP contribution in [0.1, 0.15) is 0 Å². The Kier molecular flexibility index (Phi) is 33.1. The van der Waals surface area contributed by atoms with Crippen LogP contribution in [0.5, 0.6) is 0 Å². The third-order valence-electron chi connectivity index (χ3n) is 25.7. The zero-order valence-electron chi connectivity index (χ0n) is 81.1. The molecule has 0 amide bonds. The van der Waals surface area contributed by atoms with Crippen molar-refractivity contribution in [3.05, 3.63) is 480 Å². The summed E-state index contributed by atoms with van der Waals surface area (Å²) in [6.07, 6.45) is 11.5. The molecule has 0 N–H and O–H groups in total. The number of sulfone groups is 1. The third kappa shape index (κ3) is 22.4. The molecule has 3 radical (unpaired) electrons. The van der Waals surface area contributed by atoms with Gasteiger partial charge in [-0.15, -0.1) is 189 Å². The van der Waals surface area contributed by atoms with Crippen molar-refractivity contribution in [2.75, 3.05) is 0 Å². The Balaban J connectivity index is 0.000000136. The van der Waals surface area contributed by atoms with Gasteiger partial charge in [-0.2, -0.15) is 0 Å². The molecule has 707 valence electrons. The molecule has 0 saturated heterocycles. The van der Waals surface area contributed by atoms with Crippen LogP contribution in [0.15, 0.2) is 453 Å². The van der Waals surface area contributed by atoms with Crippen molar-refractivity contribution in [2.24, 2.45) is 0 Å². The minimum absolute atomic E-state index is 0. The van der Waals surface area contributed by atoms with E-state index in [0.29, 0.717) is 9.79 Å². The van der Waals surface area contributed by atoms with Crippen LogP contribution in [0.25, 0.3) is 134 Å². The fourth-order valence-electron chi connectivity index (χ4n) is 18.9. The van der Waals surface area contributed by atoms with E-state index in [2.05, 4.69) is 360 Å². The van der Waals surface area contributed by atoms with E-state index in [1.54, 1.807) is 36.8 Å². The predicted molar refractivity (Wildman–Crippen MR) is 592 cm³/mol. The molecule has 0 fully saturated rings. The summed E-state index contributed by atoms with van der Waals surface area (Å²) in [6, 6.07) is 160. The van der Waals surface area contributed by atoms with Crippen molar-refractivity contribution in [2.45, 2.75) is 81.8 Å². The maximum absolute atomic E-state index is 12.9. The molecular weight excluding hydrogens is 2370 g/mol. The maximum Gasteiger partial charge on any atom is 0.173 e. The molecule has 0 spiro atoms. The van der Waals surface area contributed by atoms with E-state index in [-0.39, 0.29) is 60.3 Å². The van der Waals surface area contributed by atoms with Crippen molar-refractivity contribution in [1.29, 1.82) is 0 Å². The molecule has 3 aliphatic rings. The van der Waals surface area contributed by atoms with Crippen LogP contribution in [0.4, 0.5) is 0 Å². The van der Waals surface area contributed by atoms with Crippen LogP contribution in [0.2, 0.25) is 72.0 Å². The van der Waals surface area contributed by atoms with Crippen LogP contribution in [-0.2, 0) is 70.2 Å². The molecule has 0 aliphatic carbocycles. The normalized spacial score (nSPS) is 12.5. The number of pyridine rings is 6. The van der Waals surface area contributed by atoms with Crippen molar-refractivity contribution in [3.63, 3.8) is 0 Å². The predicted octanol–water partition coefficient (Wildman–Crippen LogP) is 24.9. The fourth-order valence-corrected chi connectivity index (χ4v) is 33.4. The molecule has 142 heavy (non-hydrogen) atoms. The van der Waals surface area contributed by atoms with Crippen LogP contribution >= 0.6 is 0 Å². The van der Waals surface area contributed by atoms with Gasteiger partial charge in [0, 0.05) is 97.5 Å². The number of fused-ring (bicyclic) bond motifs is 9. The summed E-state index contributed by atoms with van der Waals surface area (Å²) in [5.41, 5.74) is 26.1.